The summed E-state index contributed by atoms with van der Waals surface area (Å²) in [7, 11) is 2.08. The molecule has 0 saturated heterocycles. The lowest BCUT2D eigenvalue weighted by Gasteiger charge is -2.34. The molecule has 1 aliphatic rings. The quantitative estimate of drug-likeness (QED) is 0.657. The molecule has 0 aromatic heterocycles. The van der Waals surface area contributed by atoms with E-state index in [1.165, 1.54) is 31.3 Å². The molecule has 76 valence electrons. The molecule has 1 N–H and O–H groups in total. The monoisotopic (exact) mass is 181 g/mol. The number of hydrogen-bond acceptors (Lipinski definition) is 1. The van der Waals surface area contributed by atoms with Crippen LogP contribution < -0.4 is 5.32 Å². The minimum atomic E-state index is 0.522. The molecule has 1 fully saturated rings. The van der Waals surface area contributed by atoms with Gasteiger partial charge < -0.3 is 5.32 Å². The van der Waals surface area contributed by atoms with Crippen molar-refractivity contribution in [1.29, 1.82) is 0 Å². The van der Waals surface area contributed by atoms with Crippen LogP contribution in [0.4, 0.5) is 0 Å². The molecule has 0 spiro atoms. The predicted octanol–water partition coefficient (Wildman–Crippen LogP) is 3.12. The fourth-order valence-corrected chi connectivity index (χ4v) is 2.58. The molecule has 0 aromatic carbocycles. The summed E-state index contributed by atoms with van der Waals surface area (Å²) >= 11 is 0. The third-order valence-corrected chi connectivity index (χ3v) is 3.49. The summed E-state index contributed by atoms with van der Waals surface area (Å²) in [5, 5.41) is 3.46. The highest BCUT2D eigenvalue weighted by molar-refractivity contribution is 5.00. The highest BCUT2D eigenvalue weighted by atomic mass is 14.9. The molecule has 1 saturated carbocycles. The average molecular weight is 181 g/mol. The molecule has 1 nitrogen and oxygen atoms in total. The smallest absolute Gasteiger partial charge is 0.0155 e. The van der Waals surface area contributed by atoms with Gasteiger partial charge in [0.1, 0.15) is 0 Å². The van der Waals surface area contributed by atoms with Crippen molar-refractivity contribution in [3.8, 4) is 0 Å². The van der Waals surface area contributed by atoms with E-state index in [4.69, 9.17) is 0 Å². The van der Waals surface area contributed by atoms with Gasteiger partial charge in [0.05, 0.1) is 0 Å². The first kappa shape index (κ1) is 10.8. The van der Waals surface area contributed by atoms with Gasteiger partial charge in [0.2, 0.25) is 0 Å². The van der Waals surface area contributed by atoms with Crippen LogP contribution in [0, 0.1) is 5.41 Å². The van der Waals surface area contributed by atoms with Gasteiger partial charge in [-0.3, -0.25) is 0 Å². The molecule has 1 aliphatic carbocycles. The molecule has 0 bridgehead atoms. The molecular weight excluding hydrogens is 158 g/mol. The second-order valence-electron chi connectivity index (χ2n) is 4.86. The zero-order chi connectivity index (χ0) is 9.90. The van der Waals surface area contributed by atoms with Gasteiger partial charge in [-0.2, -0.15) is 0 Å². The van der Waals surface area contributed by atoms with Crippen molar-refractivity contribution in [3.63, 3.8) is 0 Å². The number of hydrogen-bond donors (Lipinski definition) is 1. The van der Waals surface area contributed by atoms with Crippen molar-refractivity contribution in [1.82, 2.24) is 5.32 Å². The van der Waals surface area contributed by atoms with Gasteiger partial charge in [-0.1, -0.05) is 25.3 Å². The molecule has 0 aromatic rings. The maximum atomic E-state index is 4.01. The molecule has 1 rings (SSSR count). The Balaban J connectivity index is 2.58. The van der Waals surface area contributed by atoms with Crippen LogP contribution in [-0.2, 0) is 0 Å². The van der Waals surface area contributed by atoms with Gasteiger partial charge in [0.15, 0.2) is 0 Å². The normalized spacial score (nSPS) is 23.0. The Hall–Kier alpha value is -0.300. The Labute approximate surface area is 82.6 Å². The van der Waals surface area contributed by atoms with Crippen molar-refractivity contribution < 1.29 is 0 Å². The molecule has 1 atom stereocenters. The lowest BCUT2D eigenvalue weighted by molar-refractivity contribution is 0.229. The van der Waals surface area contributed by atoms with Crippen molar-refractivity contribution in [2.45, 2.75) is 52.0 Å². The van der Waals surface area contributed by atoms with Crippen LogP contribution in [0.25, 0.3) is 0 Å². The summed E-state index contributed by atoms with van der Waals surface area (Å²) in [5.41, 5.74) is 1.82. The fraction of sp³-hybridized carbons (Fsp3) is 0.833. The Morgan fingerprint density at radius 1 is 1.46 bits per heavy atom. The lowest BCUT2D eigenvalue weighted by Crippen LogP contribution is -2.40. The first-order valence-corrected chi connectivity index (χ1v) is 5.40. The Morgan fingerprint density at radius 2 is 2.00 bits per heavy atom. The molecule has 1 unspecified atom stereocenters. The highest BCUT2D eigenvalue weighted by Crippen LogP contribution is 2.41. The van der Waals surface area contributed by atoms with Crippen LogP contribution >= 0.6 is 0 Å². The van der Waals surface area contributed by atoms with Crippen LogP contribution in [-0.4, -0.2) is 13.1 Å². The summed E-state index contributed by atoms with van der Waals surface area (Å²) in [6.07, 6.45) is 6.71. The van der Waals surface area contributed by atoms with E-state index >= 15 is 0 Å². The Kier molecular flexibility index (Phi) is 3.55. The molecule has 0 heterocycles. The minimum absolute atomic E-state index is 0.522. The average Bonchev–Trinajstić information content (AvgIpc) is 2.48. The van der Waals surface area contributed by atoms with Crippen molar-refractivity contribution in [2.75, 3.05) is 7.05 Å². The Bertz CT molecular complexity index is 178. The second kappa shape index (κ2) is 4.28. The van der Waals surface area contributed by atoms with Gasteiger partial charge >= 0.3 is 0 Å². The van der Waals surface area contributed by atoms with Crippen molar-refractivity contribution in [2.24, 2.45) is 5.41 Å². The van der Waals surface area contributed by atoms with Gasteiger partial charge in [-0.25, -0.2) is 0 Å². The number of rotatable bonds is 4. The van der Waals surface area contributed by atoms with Gasteiger partial charge in [-0.05, 0) is 38.6 Å². The Morgan fingerprint density at radius 3 is 2.38 bits per heavy atom. The topological polar surface area (TPSA) is 12.0 Å². The molecule has 13 heavy (non-hydrogen) atoms. The maximum Gasteiger partial charge on any atom is 0.0155 e. The van der Waals surface area contributed by atoms with E-state index in [0.717, 1.165) is 6.42 Å². The predicted molar refractivity (Wildman–Crippen MR) is 58.9 cm³/mol. The fourth-order valence-electron chi connectivity index (χ4n) is 2.58. The van der Waals surface area contributed by atoms with E-state index < -0.39 is 0 Å². The van der Waals surface area contributed by atoms with Crippen molar-refractivity contribution in [3.05, 3.63) is 12.2 Å². The van der Waals surface area contributed by atoms with Crippen LogP contribution in [0.1, 0.15) is 46.0 Å². The van der Waals surface area contributed by atoms with E-state index in [-0.39, 0.29) is 0 Å². The third-order valence-electron chi connectivity index (χ3n) is 3.49. The van der Waals surface area contributed by atoms with Gasteiger partial charge in [-0.15, -0.1) is 6.58 Å². The molecule has 1 heteroatoms. The molecule has 0 aliphatic heterocycles. The SMILES string of the molecule is C=C(C)CC(NC)C1(C)CCCC1. The van der Waals surface area contributed by atoms with E-state index in [2.05, 4.69) is 32.8 Å². The first-order valence-electron chi connectivity index (χ1n) is 5.40. The summed E-state index contributed by atoms with van der Waals surface area (Å²) in [5.74, 6) is 0. The minimum Gasteiger partial charge on any atom is -0.316 e. The molecule has 0 radical (unpaired) electrons. The second-order valence-corrected chi connectivity index (χ2v) is 4.86. The zero-order valence-corrected chi connectivity index (χ0v) is 9.32. The van der Waals surface area contributed by atoms with Crippen molar-refractivity contribution >= 4 is 0 Å². The van der Waals surface area contributed by atoms with E-state index in [1.54, 1.807) is 0 Å². The number of nitrogens with one attached hydrogen (secondary N) is 1. The van der Waals surface area contributed by atoms with Crippen LogP contribution in [0.3, 0.4) is 0 Å². The summed E-state index contributed by atoms with van der Waals surface area (Å²) < 4.78 is 0. The highest BCUT2D eigenvalue weighted by Gasteiger charge is 2.35. The lowest BCUT2D eigenvalue weighted by atomic mass is 9.78. The maximum absolute atomic E-state index is 4.01. The molecular formula is C12H23N. The zero-order valence-electron chi connectivity index (χ0n) is 9.32. The summed E-state index contributed by atoms with van der Waals surface area (Å²) in [6, 6.07) is 0.632. The van der Waals surface area contributed by atoms with E-state index in [9.17, 15) is 0 Å². The molecule has 0 amide bonds. The van der Waals surface area contributed by atoms with E-state index in [0.29, 0.717) is 11.5 Å². The van der Waals surface area contributed by atoms with E-state index in [1.807, 2.05) is 0 Å². The first-order chi connectivity index (χ1) is 6.08. The van der Waals surface area contributed by atoms with Gasteiger partial charge in [0.25, 0.3) is 0 Å². The third kappa shape index (κ3) is 2.57. The van der Waals surface area contributed by atoms with Gasteiger partial charge in [0, 0.05) is 6.04 Å². The van der Waals surface area contributed by atoms with Crippen LogP contribution in [0.2, 0.25) is 0 Å². The largest absolute Gasteiger partial charge is 0.316 e. The summed E-state index contributed by atoms with van der Waals surface area (Å²) in [4.78, 5) is 0. The van der Waals surface area contributed by atoms with Crippen LogP contribution in [0.15, 0.2) is 12.2 Å². The summed E-state index contributed by atoms with van der Waals surface area (Å²) in [6.45, 7) is 8.55. The van der Waals surface area contributed by atoms with Crippen LogP contribution in [0.5, 0.6) is 0 Å². The standard InChI is InChI=1S/C12H23N/c1-10(2)9-11(13-4)12(3)7-5-6-8-12/h11,13H,1,5-9H2,2-4H3.